The van der Waals surface area contributed by atoms with E-state index in [0.717, 1.165) is 38.5 Å². The van der Waals surface area contributed by atoms with Gasteiger partial charge in [-0.2, -0.15) is 0 Å². The van der Waals surface area contributed by atoms with Gasteiger partial charge in [0.05, 0.1) is 11.6 Å². The Hall–Kier alpha value is -3.90. The number of likely N-dealkylation sites (tertiary alicyclic amines) is 2. The Labute approximate surface area is 243 Å². The molecule has 2 amide bonds. The highest BCUT2D eigenvalue weighted by Crippen LogP contribution is 2.34. The number of rotatable bonds is 7. The van der Waals surface area contributed by atoms with Gasteiger partial charge in [-0.3, -0.25) is 18.8 Å². The lowest BCUT2D eigenvalue weighted by Crippen LogP contribution is -2.57. The maximum Gasteiger partial charge on any atom is 0.256 e. The van der Waals surface area contributed by atoms with Crippen LogP contribution in [0.4, 0.5) is 10.2 Å². The molecule has 2 aromatic rings. The molecule has 4 heterocycles. The fourth-order valence-corrected chi connectivity index (χ4v) is 6.36. The lowest BCUT2D eigenvalue weighted by Gasteiger charge is -2.44. The van der Waals surface area contributed by atoms with Crippen LogP contribution in [0.15, 0.2) is 65.7 Å². The predicted octanol–water partition coefficient (Wildman–Crippen LogP) is 3.22. The predicted molar refractivity (Wildman–Crippen MR) is 160 cm³/mol. The minimum Gasteiger partial charge on any atom is -0.396 e. The summed E-state index contributed by atoms with van der Waals surface area (Å²) in [6.45, 7) is 7.43. The zero-order valence-electron chi connectivity index (χ0n) is 23.2. The van der Waals surface area contributed by atoms with Crippen LogP contribution >= 0.6 is 11.9 Å². The van der Waals surface area contributed by atoms with Crippen molar-refractivity contribution in [1.29, 1.82) is 0 Å². The van der Waals surface area contributed by atoms with Crippen molar-refractivity contribution in [3.8, 4) is 0 Å². The lowest BCUT2D eigenvalue weighted by molar-refractivity contribution is -0.142. The van der Waals surface area contributed by atoms with E-state index >= 15 is 0 Å². The summed E-state index contributed by atoms with van der Waals surface area (Å²) in [6.07, 6.45) is 6.65. The number of carbonyl (C=O) groups excluding carboxylic acids is 2. The van der Waals surface area contributed by atoms with Crippen LogP contribution in [0.3, 0.4) is 0 Å². The smallest absolute Gasteiger partial charge is 0.256 e. The van der Waals surface area contributed by atoms with Crippen molar-refractivity contribution in [2.45, 2.75) is 38.0 Å². The highest BCUT2D eigenvalue weighted by atomic mass is 32.2. The molecule has 0 saturated carbocycles. The molecule has 2 fully saturated rings. The molecule has 0 aliphatic carbocycles. The summed E-state index contributed by atoms with van der Waals surface area (Å²) in [5.41, 5.74) is 14.9. The SMILES string of the molecule is CC(C)N1CC(C(=O)N2CCC[C@@H](SN3C=CN=C(N)/C3=C(/N)c3ccc(C(=O)Nc4cc(F)ccn4)cc3)C2)C1. The number of nitrogens with one attached hydrogen (secondary N) is 1. The average Bonchev–Trinajstić information content (AvgIpc) is 2.92. The van der Waals surface area contributed by atoms with Crippen LogP contribution in [-0.4, -0.2) is 74.2 Å². The van der Waals surface area contributed by atoms with Crippen molar-refractivity contribution in [2.75, 3.05) is 31.5 Å². The highest BCUT2D eigenvalue weighted by molar-refractivity contribution is 7.97. The van der Waals surface area contributed by atoms with E-state index in [1.807, 2.05) is 15.4 Å². The molecule has 0 bridgehead atoms. The number of piperidine rings is 1. The number of hydrogen-bond donors (Lipinski definition) is 3. The summed E-state index contributed by atoms with van der Waals surface area (Å²) in [5, 5.41) is 2.76. The topological polar surface area (TPSA) is 133 Å². The largest absolute Gasteiger partial charge is 0.396 e. The molecule has 0 radical (unpaired) electrons. The fourth-order valence-electron chi connectivity index (χ4n) is 5.10. The Kier molecular flexibility index (Phi) is 8.60. The molecule has 10 nitrogen and oxygen atoms in total. The second-order valence-corrected chi connectivity index (χ2v) is 12.0. The van der Waals surface area contributed by atoms with Crippen molar-refractivity contribution >= 4 is 41.1 Å². The molecule has 3 aliphatic rings. The fraction of sp³-hybridized carbons (Fsp3) is 0.379. The van der Waals surface area contributed by atoms with Gasteiger partial charge in [0.15, 0.2) is 0 Å². The van der Waals surface area contributed by atoms with E-state index in [-0.39, 0.29) is 28.7 Å². The first-order valence-electron chi connectivity index (χ1n) is 13.7. The van der Waals surface area contributed by atoms with Crippen molar-refractivity contribution in [2.24, 2.45) is 22.4 Å². The van der Waals surface area contributed by atoms with Gasteiger partial charge in [0.1, 0.15) is 23.2 Å². The minimum atomic E-state index is -0.489. The molecule has 41 heavy (non-hydrogen) atoms. The molecule has 2 saturated heterocycles. The number of amides is 2. The zero-order valence-corrected chi connectivity index (χ0v) is 24.0. The molecule has 0 spiro atoms. The summed E-state index contributed by atoms with van der Waals surface area (Å²) in [6, 6.07) is 9.53. The van der Waals surface area contributed by atoms with Crippen molar-refractivity contribution in [3.63, 3.8) is 0 Å². The highest BCUT2D eigenvalue weighted by Gasteiger charge is 2.38. The number of anilines is 1. The third kappa shape index (κ3) is 6.54. The Morgan fingerprint density at radius 3 is 2.56 bits per heavy atom. The van der Waals surface area contributed by atoms with Gasteiger partial charge < -0.3 is 21.7 Å². The first-order chi connectivity index (χ1) is 19.7. The summed E-state index contributed by atoms with van der Waals surface area (Å²) in [5.74, 6) is -0.176. The number of amidine groups is 1. The summed E-state index contributed by atoms with van der Waals surface area (Å²) in [7, 11) is 0. The van der Waals surface area contributed by atoms with Crippen molar-refractivity contribution < 1.29 is 14.0 Å². The Bertz CT molecular complexity index is 1390. The summed E-state index contributed by atoms with van der Waals surface area (Å²) >= 11 is 1.59. The van der Waals surface area contributed by atoms with Gasteiger partial charge in [-0.25, -0.2) is 14.4 Å². The summed E-state index contributed by atoms with van der Waals surface area (Å²) < 4.78 is 15.4. The van der Waals surface area contributed by atoms with E-state index in [1.165, 1.54) is 12.3 Å². The van der Waals surface area contributed by atoms with E-state index < -0.39 is 11.7 Å². The van der Waals surface area contributed by atoms with E-state index in [2.05, 4.69) is 34.0 Å². The number of benzene rings is 1. The van der Waals surface area contributed by atoms with Crippen LogP contribution in [0.5, 0.6) is 0 Å². The molecule has 1 atom stereocenters. The van der Waals surface area contributed by atoms with Gasteiger partial charge in [-0.15, -0.1) is 0 Å². The molecule has 5 N–H and O–H groups in total. The lowest BCUT2D eigenvalue weighted by atomic mass is 9.95. The van der Waals surface area contributed by atoms with Crippen molar-refractivity contribution in [1.82, 2.24) is 19.1 Å². The Morgan fingerprint density at radius 2 is 1.85 bits per heavy atom. The second kappa shape index (κ2) is 12.3. The van der Waals surface area contributed by atoms with Gasteiger partial charge in [-0.05, 0) is 62.4 Å². The van der Waals surface area contributed by atoms with Crippen LogP contribution in [0.2, 0.25) is 0 Å². The normalized spacial score (nSPS) is 21.0. The van der Waals surface area contributed by atoms with Crippen LogP contribution in [-0.2, 0) is 4.79 Å². The van der Waals surface area contributed by atoms with Gasteiger partial charge in [0.2, 0.25) is 5.91 Å². The average molecular weight is 579 g/mol. The molecule has 1 aromatic carbocycles. The monoisotopic (exact) mass is 578 g/mol. The van der Waals surface area contributed by atoms with Crippen LogP contribution in [0.1, 0.15) is 42.6 Å². The number of halogens is 1. The third-order valence-corrected chi connectivity index (χ3v) is 8.71. The number of nitrogens with two attached hydrogens (primary N) is 2. The van der Waals surface area contributed by atoms with Crippen LogP contribution in [0, 0.1) is 11.7 Å². The molecule has 5 rings (SSSR count). The number of aliphatic imine (C=N–C) groups is 1. The van der Waals surface area contributed by atoms with E-state index in [4.69, 9.17) is 11.5 Å². The summed E-state index contributed by atoms with van der Waals surface area (Å²) in [4.78, 5) is 38.3. The number of aromatic nitrogens is 1. The van der Waals surface area contributed by atoms with Gasteiger partial charge in [-0.1, -0.05) is 12.1 Å². The van der Waals surface area contributed by atoms with Crippen LogP contribution in [0.25, 0.3) is 5.70 Å². The van der Waals surface area contributed by atoms with Gasteiger partial charge in [0, 0.05) is 67.7 Å². The molecule has 12 heteroatoms. The molecular weight excluding hydrogens is 543 g/mol. The van der Waals surface area contributed by atoms with Crippen LogP contribution < -0.4 is 16.8 Å². The first kappa shape index (κ1) is 28.6. The van der Waals surface area contributed by atoms with E-state index in [9.17, 15) is 14.0 Å². The number of pyridine rings is 1. The number of hydrogen-bond acceptors (Lipinski definition) is 9. The zero-order chi connectivity index (χ0) is 29.1. The van der Waals surface area contributed by atoms with Gasteiger partial charge >= 0.3 is 0 Å². The molecule has 0 unspecified atom stereocenters. The molecule has 1 aromatic heterocycles. The second-order valence-electron chi connectivity index (χ2n) is 10.7. The third-order valence-electron chi connectivity index (χ3n) is 7.50. The standard InChI is InChI=1S/C29H35FN8O2S/c1-18(2)37-15-21(16-37)29(40)36-12-3-4-23(17-36)41-38-13-11-34-27(32)26(38)25(31)19-5-7-20(8-6-19)28(39)35-24-14-22(30)9-10-33-24/h5-11,13-14,18,21,23H,3-4,12,15-17,31H2,1-2H3,(H2,32,34)(H,33,35,39)/b26-25-/t23-/m1/s1. The molecular formula is C29H35FN8O2S. The minimum absolute atomic E-state index is 0.0834. The van der Waals surface area contributed by atoms with Crippen molar-refractivity contribution in [3.05, 3.63) is 77.6 Å². The first-order valence-corrected chi connectivity index (χ1v) is 14.6. The van der Waals surface area contributed by atoms with E-state index in [1.54, 1.807) is 42.4 Å². The quantitative estimate of drug-likeness (QED) is 0.427. The maximum atomic E-state index is 13.4. The van der Waals surface area contributed by atoms with E-state index in [0.29, 0.717) is 35.1 Å². The molecule has 3 aliphatic heterocycles. The Balaban J connectivity index is 1.26. The maximum absolute atomic E-state index is 13.4. The molecule has 216 valence electrons. The van der Waals surface area contributed by atoms with Gasteiger partial charge in [0.25, 0.3) is 5.91 Å². The Morgan fingerprint density at radius 1 is 1.12 bits per heavy atom. The number of carbonyl (C=O) groups is 2. The number of nitrogens with zero attached hydrogens (tertiary/aromatic N) is 5.